The second kappa shape index (κ2) is 3.43. The molecule has 0 aliphatic carbocycles. The van der Waals surface area contributed by atoms with Gasteiger partial charge in [0.25, 0.3) is 0 Å². The number of hydrogen-bond donors (Lipinski definition) is 1. The molecule has 0 aromatic carbocycles. The summed E-state index contributed by atoms with van der Waals surface area (Å²) in [7, 11) is 0. The van der Waals surface area contributed by atoms with Crippen LogP contribution in [0.4, 0.5) is 0 Å². The third-order valence-corrected chi connectivity index (χ3v) is 1.19. The average Bonchev–Trinajstić information content (AvgIpc) is 1.85. The quantitative estimate of drug-likeness (QED) is 0.460. The zero-order chi connectivity index (χ0) is 8.20. The molecule has 0 aliphatic heterocycles. The van der Waals surface area contributed by atoms with Crippen LogP contribution in [0.2, 0.25) is 0 Å². The van der Waals surface area contributed by atoms with Crippen LogP contribution >= 0.6 is 0 Å². The fourth-order valence-corrected chi connectivity index (χ4v) is 0.423. The molecule has 0 aromatic rings. The van der Waals surface area contributed by atoms with E-state index in [9.17, 15) is 0 Å². The van der Waals surface area contributed by atoms with Crippen LogP contribution in [-0.4, -0.2) is 12.1 Å². The molecule has 0 spiro atoms. The fourth-order valence-electron chi connectivity index (χ4n) is 0.423. The normalized spacial score (nSPS) is 10.6. The van der Waals surface area contributed by atoms with Gasteiger partial charge in [0.2, 0.25) is 0 Å². The maximum Gasteiger partial charge on any atom is 0.0743 e. The SMILES string of the molecule is C#CC(C)(C)NCC(=C)C. The first-order chi connectivity index (χ1) is 4.48. The highest BCUT2D eigenvalue weighted by molar-refractivity contribution is 5.09. The highest BCUT2D eigenvalue weighted by Gasteiger charge is 2.10. The molecule has 1 heteroatoms. The van der Waals surface area contributed by atoms with E-state index in [1.807, 2.05) is 20.8 Å². The third kappa shape index (κ3) is 4.17. The van der Waals surface area contributed by atoms with Crippen LogP contribution in [0.1, 0.15) is 20.8 Å². The number of rotatable bonds is 3. The van der Waals surface area contributed by atoms with E-state index in [0.717, 1.165) is 12.1 Å². The van der Waals surface area contributed by atoms with Crippen molar-refractivity contribution in [1.82, 2.24) is 5.32 Å². The molecule has 10 heavy (non-hydrogen) atoms. The number of terminal acetylenes is 1. The van der Waals surface area contributed by atoms with Gasteiger partial charge in [-0.05, 0) is 20.8 Å². The van der Waals surface area contributed by atoms with E-state index in [-0.39, 0.29) is 5.54 Å². The van der Waals surface area contributed by atoms with Gasteiger partial charge in [-0.15, -0.1) is 6.42 Å². The molecule has 0 aliphatic rings. The molecule has 0 fully saturated rings. The smallest absolute Gasteiger partial charge is 0.0743 e. The molecular formula is C9H15N. The Balaban J connectivity index is 3.71. The van der Waals surface area contributed by atoms with Crippen LogP contribution in [0, 0.1) is 12.3 Å². The van der Waals surface area contributed by atoms with Gasteiger partial charge in [-0.2, -0.15) is 0 Å². The van der Waals surface area contributed by atoms with Gasteiger partial charge in [0.15, 0.2) is 0 Å². The maximum absolute atomic E-state index is 5.25. The van der Waals surface area contributed by atoms with Gasteiger partial charge < -0.3 is 0 Å². The van der Waals surface area contributed by atoms with Crippen LogP contribution in [0.3, 0.4) is 0 Å². The fraction of sp³-hybridized carbons (Fsp3) is 0.556. The Bertz CT molecular complexity index is 160. The van der Waals surface area contributed by atoms with Crippen molar-refractivity contribution in [2.24, 2.45) is 0 Å². The molecule has 0 rings (SSSR count). The van der Waals surface area contributed by atoms with Crippen molar-refractivity contribution >= 4 is 0 Å². The molecule has 56 valence electrons. The van der Waals surface area contributed by atoms with E-state index < -0.39 is 0 Å². The summed E-state index contributed by atoms with van der Waals surface area (Å²) in [4.78, 5) is 0. The third-order valence-electron chi connectivity index (χ3n) is 1.19. The molecule has 0 radical (unpaired) electrons. The average molecular weight is 137 g/mol. The summed E-state index contributed by atoms with van der Waals surface area (Å²) < 4.78 is 0. The molecule has 1 nitrogen and oxygen atoms in total. The molecule has 0 aromatic heterocycles. The predicted molar refractivity (Wildman–Crippen MR) is 45.7 cm³/mol. The summed E-state index contributed by atoms with van der Waals surface area (Å²) in [5.41, 5.74) is 0.891. The predicted octanol–water partition coefficient (Wildman–Crippen LogP) is 1.56. The lowest BCUT2D eigenvalue weighted by Crippen LogP contribution is -2.38. The van der Waals surface area contributed by atoms with Crippen molar-refractivity contribution in [2.75, 3.05) is 6.54 Å². The van der Waals surface area contributed by atoms with Gasteiger partial charge in [0, 0.05) is 6.54 Å². The van der Waals surface area contributed by atoms with Crippen LogP contribution in [0.5, 0.6) is 0 Å². The Labute approximate surface area is 63.5 Å². The Kier molecular flexibility index (Phi) is 3.18. The Morgan fingerprint density at radius 1 is 1.70 bits per heavy atom. The first-order valence-electron chi connectivity index (χ1n) is 3.35. The largest absolute Gasteiger partial charge is 0.298 e. The molecular weight excluding hydrogens is 122 g/mol. The van der Waals surface area contributed by atoms with E-state index in [1.165, 1.54) is 0 Å². The van der Waals surface area contributed by atoms with E-state index in [1.54, 1.807) is 0 Å². The first-order valence-corrected chi connectivity index (χ1v) is 3.35. The van der Waals surface area contributed by atoms with Crippen molar-refractivity contribution in [2.45, 2.75) is 26.3 Å². The molecule has 0 atom stereocenters. The van der Waals surface area contributed by atoms with E-state index in [2.05, 4.69) is 17.8 Å². The van der Waals surface area contributed by atoms with E-state index >= 15 is 0 Å². The van der Waals surface area contributed by atoms with Crippen molar-refractivity contribution in [3.63, 3.8) is 0 Å². The molecule has 1 N–H and O–H groups in total. The minimum Gasteiger partial charge on any atom is -0.298 e. The van der Waals surface area contributed by atoms with Crippen molar-refractivity contribution in [3.8, 4) is 12.3 Å². The summed E-state index contributed by atoms with van der Waals surface area (Å²) in [6.45, 7) is 10.5. The molecule has 0 heterocycles. The highest BCUT2D eigenvalue weighted by Crippen LogP contribution is 1.98. The van der Waals surface area contributed by atoms with Gasteiger partial charge >= 0.3 is 0 Å². The minimum absolute atomic E-state index is 0.209. The molecule has 0 amide bonds. The monoisotopic (exact) mass is 137 g/mol. The first kappa shape index (κ1) is 9.26. The minimum atomic E-state index is -0.209. The summed E-state index contributed by atoms with van der Waals surface area (Å²) in [6.07, 6.45) is 5.25. The number of hydrogen-bond acceptors (Lipinski definition) is 1. The molecule has 0 bridgehead atoms. The lowest BCUT2D eigenvalue weighted by molar-refractivity contribution is 0.516. The van der Waals surface area contributed by atoms with Gasteiger partial charge in [0.05, 0.1) is 5.54 Å². The van der Waals surface area contributed by atoms with Crippen LogP contribution < -0.4 is 5.32 Å². The Morgan fingerprint density at radius 3 is 2.50 bits per heavy atom. The lowest BCUT2D eigenvalue weighted by Gasteiger charge is -2.19. The summed E-state index contributed by atoms with van der Waals surface area (Å²) in [5, 5.41) is 3.17. The van der Waals surface area contributed by atoms with Gasteiger partial charge in [-0.3, -0.25) is 5.32 Å². The zero-order valence-electron chi connectivity index (χ0n) is 6.99. The summed E-state index contributed by atoms with van der Waals surface area (Å²) >= 11 is 0. The maximum atomic E-state index is 5.25. The second-order valence-electron chi connectivity index (χ2n) is 3.08. The van der Waals surface area contributed by atoms with Crippen molar-refractivity contribution in [1.29, 1.82) is 0 Å². The van der Waals surface area contributed by atoms with Crippen molar-refractivity contribution < 1.29 is 0 Å². The van der Waals surface area contributed by atoms with Crippen LogP contribution in [0.15, 0.2) is 12.2 Å². The standard InChI is InChI=1S/C9H15N/c1-6-9(4,5)10-7-8(2)3/h1,10H,2,7H2,3-5H3. The van der Waals surface area contributed by atoms with E-state index in [4.69, 9.17) is 6.42 Å². The van der Waals surface area contributed by atoms with Gasteiger partial charge in [-0.1, -0.05) is 18.1 Å². The highest BCUT2D eigenvalue weighted by atomic mass is 14.9. The topological polar surface area (TPSA) is 12.0 Å². The summed E-state index contributed by atoms with van der Waals surface area (Å²) in [5.74, 6) is 2.64. The number of nitrogens with one attached hydrogen (secondary N) is 1. The molecule has 0 saturated heterocycles. The van der Waals surface area contributed by atoms with Crippen LogP contribution in [0.25, 0.3) is 0 Å². The van der Waals surface area contributed by atoms with E-state index in [0.29, 0.717) is 0 Å². The molecule has 0 unspecified atom stereocenters. The van der Waals surface area contributed by atoms with Gasteiger partial charge in [-0.25, -0.2) is 0 Å². The zero-order valence-corrected chi connectivity index (χ0v) is 6.99. The Morgan fingerprint density at radius 2 is 2.20 bits per heavy atom. The summed E-state index contributed by atoms with van der Waals surface area (Å²) in [6, 6.07) is 0. The second-order valence-corrected chi connectivity index (χ2v) is 3.08. The molecule has 0 saturated carbocycles. The Hall–Kier alpha value is -0.740. The van der Waals surface area contributed by atoms with Gasteiger partial charge in [0.1, 0.15) is 0 Å². The van der Waals surface area contributed by atoms with Crippen molar-refractivity contribution in [3.05, 3.63) is 12.2 Å². The van der Waals surface area contributed by atoms with Crippen LogP contribution in [-0.2, 0) is 0 Å². The lowest BCUT2D eigenvalue weighted by atomic mass is 10.1.